The summed E-state index contributed by atoms with van der Waals surface area (Å²) in [5.41, 5.74) is 6.41. The standard InChI is InChI=1S/C20H30ClN3O5/c1-27-18-12(8-14(21)16(22)19(18)28-2)20(26)24-9-11-5-6-23-10-13(11)17(25)15-4-3-7-29-15/h8,11,13,15,17,23,25H,3-7,9-10,22H2,1-2H3,(H,24,26). The number of carbonyl (C=O) groups excluding carboxylic acids is 1. The average Bonchev–Trinajstić information content (AvgIpc) is 3.28. The van der Waals surface area contributed by atoms with E-state index in [1.807, 2.05) is 0 Å². The minimum atomic E-state index is -0.548. The molecule has 2 saturated heterocycles. The van der Waals surface area contributed by atoms with E-state index in [2.05, 4.69) is 10.6 Å². The molecule has 1 aromatic carbocycles. The van der Waals surface area contributed by atoms with Gasteiger partial charge in [0.15, 0.2) is 11.5 Å². The Bertz CT molecular complexity index is 727. The van der Waals surface area contributed by atoms with E-state index in [4.69, 9.17) is 31.5 Å². The van der Waals surface area contributed by atoms with Gasteiger partial charge in [0.1, 0.15) is 0 Å². The number of piperidine rings is 1. The van der Waals surface area contributed by atoms with E-state index in [9.17, 15) is 9.90 Å². The number of aliphatic hydroxyl groups excluding tert-OH is 1. The molecule has 2 aliphatic rings. The lowest BCUT2D eigenvalue weighted by atomic mass is 9.80. The van der Waals surface area contributed by atoms with Gasteiger partial charge in [0.05, 0.1) is 42.7 Å². The molecule has 4 unspecified atom stereocenters. The zero-order valence-electron chi connectivity index (χ0n) is 16.9. The Balaban J connectivity index is 1.71. The summed E-state index contributed by atoms with van der Waals surface area (Å²) in [4.78, 5) is 12.9. The lowest BCUT2D eigenvalue weighted by Gasteiger charge is -2.37. The zero-order valence-corrected chi connectivity index (χ0v) is 17.6. The molecule has 3 rings (SSSR count). The summed E-state index contributed by atoms with van der Waals surface area (Å²) in [7, 11) is 2.89. The molecule has 1 amide bonds. The molecule has 0 spiro atoms. The first-order valence-electron chi connectivity index (χ1n) is 9.96. The maximum atomic E-state index is 12.9. The predicted molar refractivity (Wildman–Crippen MR) is 111 cm³/mol. The number of aliphatic hydroxyl groups is 1. The van der Waals surface area contributed by atoms with Crippen LogP contribution in [0, 0.1) is 11.8 Å². The molecule has 2 fully saturated rings. The Kier molecular flexibility index (Phi) is 7.45. The van der Waals surface area contributed by atoms with Gasteiger partial charge in [-0.2, -0.15) is 0 Å². The highest BCUT2D eigenvalue weighted by molar-refractivity contribution is 6.34. The van der Waals surface area contributed by atoms with Crippen molar-refractivity contribution in [1.29, 1.82) is 0 Å². The monoisotopic (exact) mass is 427 g/mol. The zero-order chi connectivity index (χ0) is 21.0. The van der Waals surface area contributed by atoms with Crippen LogP contribution in [0.5, 0.6) is 11.5 Å². The van der Waals surface area contributed by atoms with E-state index in [0.717, 1.165) is 25.8 Å². The largest absolute Gasteiger partial charge is 0.492 e. The number of methoxy groups -OCH3 is 2. The van der Waals surface area contributed by atoms with Gasteiger partial charge in [-0.15, -0.1) is 0 Å². The van der Waals surface area contributed by atoms with Crippen molar-refractivity contribution in [2.45, 2.75) is 31.5 Å². The fourth-order valence-electron chi connectivity index (χ4n) is 4.25. The molecule has 0 radical (unpaired) electrons. The molecule has 2 heterocycles. The lowest BCUT2D eigenvalue weighted by Crippen LogP contribution is -2.50. The number of anilines is 1. The second-order valence-electron chi connectivity index (χ2n) is 7.55. The van der Waals surface area contributed by atoms with E-state index in [-0.39, 0.29) is 51.6 Å². The van der Waals surface area contributed by atoms with E-state index >= 15 is 0 Å². The van der Waals surface area contributed by atoms with E-state index in [1.54, 1.807) is 0 Å². The van der Waals surface area contributed by atoms with Crippen molar-refractivity contribution in [2.75, 3.05) is 46.2 Å². The van der Waals surface area contributed by atoms with Gasteiger partial charge in [0, 0.05) is 25.6 Å². The van der Waals surface area contributed by atoms with Crippen LogP contribution in [0.4, 0.5) is 5.69 Å². The van der Waals surface area contributed by atoms with Gasteiger partial charge in [0.2, 0.25) is 0 Å². The van der Waals surface area contributed by atoms with Crippen molar-refractivity contribution in [3.63, 3.8) is 0 Å². The summed E-state index contributed by atoms with van der Waals surface area (Å²) >= 11 is 6.16. The van der Waals surface area contributed by atoms with E-state index < -0.39 is 6.10 Å². The fraction of sp³-hybridized carbons (Fsp3) is 0.650. The van der Waals surface area contributed by atoms with Crippen LogP contribution in [-0.4, -0.2) is 63.7 Å². The Labute approximate surface area is 176 Å². The number of amides is 1. The van der Waals surface area contributed by atoms with Crippen LogP contribution < -0.4 is 25.8 Å². The fourth-order valence-corrected chi connectivity index (χ4v) is 4.45. The van der Waals surface area contributed by atoms with Crippen molar-refractivity contribution in [2.24, 2.45) is 11.8 Å². The topological polar surface area (TPSA) is 115 Å². The Morgan fingerprint density at radius 3 is 2.83 bits per heavy atom. The van der Waals surface area contributed by atoms with Crippen LogP contribution in [0.1, 0.15) is 29.6 Å². The van der Waals surface area contributed by atoms with Gasteiger partial charge >= 0.3 is 0 Å². The van der Waals surface area contributed by atoms with Gasteiger partial charge in [0.25, 0.3) is 5.91 Å². The number of benzene rings is 1. The summed E-state index contributed by atoms with van der Waals surface area (Å²) in [5, 5.41) is 17.3. The summed E-state index contributed by atoms with van der Waals surface area (Å²) < 4.78 is 16.3. The van der Waals surface area contributed by atoms with Crippen LogP contribution in [0.15, 0.2) is 6.07 Å². The number of hydrogen-bond donors (Lipinski definition) is 4. The molecule has 0 aliphatic carbocycles. The maximum absolute atomic E-state index is 12.9. The summed E-state index contributed by atoms with van der Waals surface area (Å²) in [5.74, 6) is 0.299. The molecule has 29 heavy (non-hydrogen) atoms. The summed E-state index contributed by atoms with van der Waals surface area (Å²) in [6.07, 6.45) is 2.03. The lowest BCUT2D eigenvalue weighted by molar-refractivity contribution is -0.0511. The minimum Gasteiger partial charge on any atom is -0.492 e. The molecular weight excluding hydrogens is 398 g/mol. The molecule has 162 valence electrons. The van der Waals surface area contributed by atoms with Crippen molar-refractivity contribution in [3.05, 3.63) is 16.7 Å². The first-order chi connectivity index (χ1) is 14.0. The van der Waals surface area contributed by atoms with Crippen molar-refractivity contribution in [3.8, 4) is 11.5 Å². The number of nitrogens with one attached hydrogen (secondary N) is 2. The first-order valence-corrected chi connectivity index (χ1v) is 10.3. The SMILES string of the molecule is COc1c(C(=O)NCC2CCNCC2C(O)C2CCCO2)cc(Cl)c(N)c1OC. The van der Waals surface area contributed by atoms with Crippen molar-refractivity contribution >= 4 is 23.2 Å². The van der Waals surface area contributed by atoms with Gasteiger partial charge in [-0.3, -0.25) is 4.79 Å². The molecule has 4 atom stereocenters. The number of rotatable bonds is 7. The molecule has 0 bridgehead atoms. The molecular formula is C20H30ClN3O5. The highest BCUT2D eigenvalue weighted by Gasteiger charge is 2.37. The predicted octanol–water partition coefficient (Wildman–Crippen LogP) is 1.43. The highest BCUT2D eigenvalue weighted by Crippen LogP contribution is 2.41. The molecule has 1 aromatic rings. The average molecular weight is 428 g/mol. The van der Waals surface area contributed by atoms with Crippen LogP contribution in [0.25, 0.3) is 0 Å². The molecule has 5 N–H and O–H groups in total. The van der Waals surface area contributed by atoms with Crippen LogP contribution in [0.2, 0.25) is 5.02 Å². The first kappa shape index (κ1) is 22.0. The molecule has 2 aliphatic heterocycles. The Morgan fingerprint density at radius 2 is 2.17 bits per heavy atom. The maximum Gasteiger partial charge on any atom is 0.255 e. The van der Waals surface area contributed by atoms with Crippen LogP contribution in [0.3, 0.4) is 0 Å². The number of halogens is 1. The van der Waals surface area contributed by atoms with Crippen LogP contribution >= 0.6 is 11.6 Å². The third-order valence-corrected chi connectivity index (χ3v) is 6.18. The minimum absolute atomic E-state index is 0.0126. The van der Waals surface area contributed by atoms with Gasteiger partial charge in [-0.1, -0.05) is 11.6 Å². The summed E-state index contributed by atoms with van der Waals surface area (Å²) in [6.45, 7) is 2.68. The van der Waals surface area contributed by atoms with E-state index in [0.29, 0.717) is 19.7 Å². The number of nitrogen functional groups attached to an aromatic ring is 1. The Hall–Kier alpha value is -1.74. The number of nitrogens with two attached hydrogens (primary N) is 1. The van der Waals surface area contributed by atoms with Crippen molar-refractivity contribution < 1.29 is 24.1 Å². The van der Waals surface area contributed by atoms with Gasteiger partial charge < -0.3 is 35.7 Å². The normalized spacial score (nSPS) is 25.4. The molecule has 9 heteroatoms. The molecule has 0 aromatic heterocycles. The van der Waals surface area contributed by atoms with Gasteiger partial charge in [-0.25, -0.2) is 0 Å². The van der Waals surface area contributed by atoms with Gasteiger partial charge in [-0.05, 0) is 37.8 Å². The molecule has 8 nitrogen and oxygen atoms in total. The third-order valence-electron chi connectivity index (χ3n) is 5.86. The Morgan fingerprint density at radius 1 is 1.41 bits per heavy atom. The highest BCUT2D eigenvalue weighted by atomic mass is 35.5. The van der Waals surface area contributed by atoms with Crippen LogP contribution in [-0.2, 0) is 4.74 Å². The van der Waals surface area contributed by atoms with E-state index in [1.165, 1.54) is 20.3 Å². The molecule has 0 saturated carbocycles. The third kappa shape index (κ3) is 4.71. The summed E-state index contributed by atoms with van der Waals surface area (Å²) in [6, 6.07) is 1.48. The van der Waals surface area contributed by atoms with Crippen molar-refractivity contribution in [1.82, 2.24) is 10.6 Å². The quantitative estimate of drug-likeness (QED) is 0.486. The number of hydrogen-bond acceptors (Lipinski definition) is 7. The second-order valence-corrected chi connectivity index (χ2v) is 7.96. The smallest absolute Gasteiger partial charge is 0.255 e. The number of ether oxygens (including phenoxy) is 3. The second kappa shape index (κ2) is 9.84. The number of carbonyl (C=O) groups is 1.